The fraction of sp³-hybridized carbons (Fsp3) is 0.400. The minimum atomic E-state index is 0.0784. The molecule has 0 bridgehead atoms. The minimum absolute atomic E-state index is 0.0784. The number of benzene rings is 1. The first kappa shape index (κ1) is 14.9. The predicted octanol–water partition coefficient (Wildman–Crippen LogP) is 1.62. The molecule has 0 spiro atoms. The summed E-state index contributed by atoms with van der Waals surface area (Å²) >= 11 is 1.31. The summed E-state index contributed by atoms with van der Waals surface area (Å²) in [5.74, 6) is 6.04. The summed E-state index contributed by atoms with van der Waals surface area (Å²) in [6, 6.07) is 8.56. The molecular weight excluding hydrogens is 298 g/mol. The van der Waals surface area contributed by atoms with Gasteiger partial charge in [0.1, 0.15) is 6.33 Å². The summed E-state index contributed by atoms with van der Waals surface area (Å²) in [6.07, 6.45) is 4.65. The maximum atomic E-state index is 12.5. The highest BCUT2D eigenvalue weighted by Gasteiger charge is 2.26. The molecule has 1 atom stereocenters. The lowest BCUT2D eigenvalue weighted by Crippen LogP contribution is -2.34. The first-order chi connectivity index (χ1) is 10.7. The fourth-order valence-electron chi connectivity index (χ4n) is 2.87. The van der Waals surface area contributed by atoms with E-state index in [1.165, 1.54) is 33.9 Å². The zero-order chi connectivity index (χ0) is 15.5. The van der Waals surface area contributed by atoms with Gasteiger partial charge in [-0.15, -0.1) is 10.2 Å². The number of hydrogen-bond acceptors (Lipinski definition) is 5. The molecule has 3 rings (SSSR count). The number of nitrogens with zero attached hydrogens (tertiary/aromatic N) is 4. The Balaban J connectivity index is 1.67. The van der Waals surface area contributed by atoms with Crippen LogP contribution in [0.4, 0.5) is 0 Å². The van der Waals surface area contributed by atoms with Gasteiger partial charge < -0.3 is 10.7 Å². The number of nitrogen functional groups attached to an aromatic ring is 1. The van der Waals surface area contributed by atoms with Gasteiger partial charge in [-0.05, 0) is 30.4 Å². The molecule has 0 saturated carbocycles. The van der Waals surface area contributed by atoms with Crippen molar-refractivity contribution in [3.8, 4) is 0 Å². The van der Waals surface area contributed by atoms with Crippen LogP contribution in [0.3, 0.4) is 0 Å². The molecule has 1 aliphatic rings. The van der Waals surface area contributed by atoms with E-state index in [1.54, 1.807) is 0 Å². The number of amides is 1. The second-order valence-electron chi connectivity index (χ2n) is 5.42. The van der Waals surface area contributed by atoms with Crippen LogP contribution in [0, 0.1) is 0 Å². The molecule has 7 heteroatoms. The molecule has 22 heavy (non-hydrogen) atoms. The molecule has 1 aromatic heterocycles. The third-order valence-electron chi connectivity index (χ3n) is 4.06. The molecule has 0 saturated heterocycles. The van der Waals surface area contributed by atoms with Gasteiger partial charge in [0.2, 0.25) is 11.1 Å². The number of carbonyl (C=O) groups is 1. The van der Waals surface area contributed by atoms with E-state index >= 15 is 0 Å². The summed E-state index contributed by atoms with van der Waals surface area (Å²) in [6.45, 7) is 0. The molecule has 0 radical (unpaired) electrons. The molecule has 1 heterocycles. The third-order valence-corrected chi connectivity index (χ3v) is 5.01. The maximum absolute atomic E-state index is 12.5. The van der Waals surface area contributed by atoms with Crippen molar-refractivity contribution in [1.29, 1.82) is 0 Å². The number of fused-ring (bicyclic) bond motifs is 1. The highest BCUT2D eigenvalue weighted by Crippen LogP contribution is 2.33. The third kappa shape index (κ3) is 2.94. The van der Waals surface area contributed by atoms with E-state index in [0.717, 1.165) is 19.3 Å². The van der Waals surface area contributed by atoms with Gasteiger partial charge in [0.25, 0.3) is 0 Å². The fourth-order valence-corrected chi connectivity index (χ4v) is 3.63. The van der Waals surface area contributed by atoms with Gasteiger partial charge in [-0.25, -0.2) is 4.68 Å². The second-order valence-corrected chi connectivity index (χ2v) is 6.36. The van der Waals surface area contributed by atoms with E-state index in [1.807, 2.05) is 18.0 Å². The number of aromatic nitrogens is 3. The van der Waals surface area contributed by atoms with Crippen molar-refractivity contribution < 1.29 is 4.79 Å². The van der Waals surface area contributed by atoms with Crippen molar-refractivity contribution >= 4 is 17.7 Å². The standard InChI is InChI=1S/C15H19N5OS/c1-19(14(21)9-22-15-18-17-10-20(15)16)13-8-4-6-11-5-2-3-7-12(11)13/h2-3,5,7,10,13H,4,6,8-9,16H2,1H3/t13-/m0/s1. The minimum Gasteiger partial charge on any atom is -0.338 e. The van der Waals surface area contributed by atoms with Crippen molar-refractivity contribution in [3.63, 3.8) is 0 Å². The summed E-state index contributed by atoms with van der Waals surface area (Å²) in [7, 11) is 1.88. The quantitative estimate of drug-likeness (QED) is 0.685. The van der Waals surface area contributed by atoms with Crippen molar-refractivity contribution in [2.24, 2.45) is 0 Å². The Bertz CT molecular complexity index is 671. The van der Waals surface area contributed by atoms with Gasteiger partial charge in [0.15, 0.2) is 0 Å². The van der Waals surface area contributed by atoms with E-state index in [2.05, 4.69) is 28.4 Å². The van der Waals surface area contributed by atoms with Gasteiger partial charge in [-0.2, -0.15) is 0 Å². The van der Waals surface area contributed by atoms with Crippen LogP contribution in [0.2, 0.25) is 0 Å². The Kier molecular flexibility index (Phi) is 4.33. The van der Waals surface area contributed by atoms with Crippen LogP contribution in [0.5, 0.6) is 0 Å². The highest BCUT2D eigenvalue weighted by molar-refractivity contribution is 7.99. The van der Waals surface area contributed by atoms with Crippen molar-refractivity contribution in [2.45, 2.75) is 30.5 Å². The Morgan fingerprint density at radius 3 is 3.09 bits per heavy atom. The maximum Gasteiger partial charge on any atom is 0.233 e. The molecule has 1 aliphatic carbocycles. The Morgan fingerprint density at radius 1 is 1.50 bits per heavy atom. The van der Waals surface area contributed by atoms with Crippen molar-refractivity contribution in [2.75, 3.05) is 18.6 Å². The monoisotopic (exact) mass is 317 g/mol. The lowest BCUT2D eigenvalue weighted by atomic mass is 9.87. The highest BCUT2D eigenvalue weighted by atomic mass is 32.2. The van der Waals surface area contributed by atoms with Gasteiger partial charge in [0, 0.05) is 7.05 Å². The van der Waals surface area contributed by atoms with Crippen LogP contribution in [-0.2, 0) is 11.2 Å². The van der Waals surface area contributed by atoms with E-state index < -0.39 is 0 Å². The van der Waals surface area contributed by atoms with Crippen molar-refractivity contribution in [3.05, 3.63) is 41.7 Å². The summed E-state index contributed by atoms with van der Waals surface area (Å²) in [4.78, 5) is 14.3. The molecular formula is C15H19N5OS. The predicted molar refractivity (Wildman–Crippen MR) is 85.8 cm³/mol. The first-order valence-electron chi connectivity index (χ1n) is 7.28. The lowest BCUT2D eigenvalue weighted by molar-refractivity contribution is -0.129. The summed E-state index contributed by atoms with van der Waals surface area (Å²) in [5, 5.41) is 8.13. The molecule has 6 nitrogen and oxygen atoms in total. The Morgan fingerprint density at radius 2 is 2.32 bits per heavy atom. The van der Waals surface area contributed by atoms with E-state index in [4.69, 9.17) is 5.84 Å². The average Bonchev–Trinajstić information content (AvgIpc) is 2.96. The zero-order valence-corrected chi connectivity index (χ0v) is 13.3. The van der Waals surface area contributed by atoms with Crippen LogP contribution < -0.4 is 5.84 Å². The number of hydrogen-bond donors (Lipinski definition) is 1. The van der Waals surface area contributed by atoms with Crippen LogP contribution >= 0.6 is 11.8 Å². The number of rotatable bonds is 4. The van der Waals surface area contributed by atoms with Gasteiger partial charge in [0.05, 0.1) is 11.8 Å². The van der Waals surface area contributed by atoms with Crippen LogP contribution in [0.25, 0.3) is 0 Å². The first-order valence-corrected chi connectivity index (χ1v) is 8.26. The largest absolute Gasteiger partial charge is 0.338 e. The molecule has 1 aromatic carbocycles. The molecule has 116 valence electrons. The summed E-state index contributed by atoms with van der Waals surface area (Å²) < 4.78 is 1.33. The van der Waals surface area contributed by atoms with Crippen LogP contribution in [-0.4, -0.2) is 38.5 Å². The topological polar surface area (TPSA) is 77.0 Å². The number of carbonyl (C=O) groups excluding carboxylic acids is 1. The van der Waals surface area contributed by atoms with E-state index in [0.29, 0.717) is 10.9 Å². The number of nitrogens with two attached hydrogens (primary N) is 1. The Hall–Kier alpha value is -2.02. The van der Waals surface area contributed by atoms with E-state index in [-0.39, 0.29) is 11.9 Å². The average molecular weight is 317 g/mol. The summed E-state index contributed by atoms with van der Waals surface area (Å²) in [5.41, 5.74) is 2.63. The van der Waals surface area contributed by atoms with Gasteiger partial charge in [-0.1, -0.05) is 36.0 Å². The molecule has 2 N–H and O–H groups in total. The SMILES string of the molecule is CN(C(=O)CSc1nncn1N)[C@H]1CCCc2ccccc21. The lowest BCUT2D eigenvalue weighted by Gasteiger charge is -2.33. The molecule has 0 fully saturated rings. The van der Waals surface area contributed by atoms with Crippen LogP contribution in [0.1, 0.15) is 30.0 Å². The Labute approximate surface area is 133 Å². The smallest absolute Gasteiger partial charge is 0.233 e. The molecule has 1 amide bonds. The second kappa shape index (κ2) is 6.39. The molecule has 0 unspecified atom stereocenters. The molecule has 0 aliphatic heterocycles. The van der Waals surface area contributed by atoms with Gasteiger partial charge >= 0.3 is 0 Å². The molecule has 2 aromatic rings. The number of aryl methyl sites for hydroxylation is 1. The normalized spacial score (nSPS) is 17.0. The zero-order valence-electron chi connectivity index (χ0n) is 12.5. The van der Waals surface area contributed by atoms with Crippen molar-refractivity contribution in [1.82, 2.24) is 19.8 Å². The van der Waals surface area contributed by atoms with Gasteiger partial charge in [-0.3, -0.25) is 4.79 Å². The van der Waals surface area contributed by atoms with Crippen LogP contribution in [0.15, 0.2) is 35.7 Å². The number of thioether (sulfide) groups is 1. The van der Waals surface area contributed by atoms with E-state index in [9.17, 15) is 4.79 Å².